The Bertz CT molecular complexity index is 633. The van der Waals surface area contributed by atoms with Gasteiger partial charge in [-0.1, -0.05) is 26.0 Å². The number of para-hydroxylation sites is 1. The maximum Gasteiger partial charge on any atom is 0.257 e. The first kappa shape index (κ1) is 13.3. The summed E-state index contributed by atoms with van der Waals surface area (Å²) in [6, 6.07) is 6.28. The molecule has 0 aromatic heterocycles. The summed E-state index contributed by atoms with van der Waals surface area (Å²) in [7, 11) is 0. The standard InChI is InChI=1S/C17H20FNO2/c1-15-10-21-17(9-11(15)7-8-16(15,17)2)14(20)19-13-6-4-3-5-12(13)18/h3-6,11H,7-10H2,1-2H3,(H,19,20)/t11-,15+,16-,17+/m1/s1. The highest BCUT2D eigenvalue weighted by molar-refractivity contribution is 5.99. The first-order chi connectivity index (χ1) is 9.93. The zero-order valence-electron chi connectivity index (χ0n) is 12.4. The van der Waals surface area contributed by atoms with Gasteiger partial charge < -0.3 is 10.1 Å². The van der Waals surface area contributed by atoms with E-state index in [4.69, 9.17) is 4.74 Å². The summed E-state index contributed by atoms with van der Waals surface area (Å²) in [5, 5.41) is 2.76. The van der Waals surface area contributed by atoms with Crippen molar-refractivity contribution in [3.05, 3.63) is 30.1 Å². The first-order valence-electron chi connectivity index (χ1n) is 7.63. The number of ether oxygens (including phenoxy) is 1. The van der Waals surface area contributed by atoms with E-state index in [2.05, 4.69) is 19.2 Å². The number of benzene rings is 1. The van der Waals surface area contributed by atoms with Crippen molar-refractivity contribution in [2.24, 2.45) is 16.7 Å². The first-order valence-corrected chi connectivity index (χ1v) is 7.63. The van der Waals surface area contributed by atoms with Gasteiger partial charge in [-0.25, -0.2) is 4.39 Å². The normalized spacial score (nSPS) is 43.3. The summed E-state index contributed by atoms with van der Waals surface area (Å²) in [6.45, 7) is 5.06. The second-order valence-electron chi connectivity index (χ2n) is 7.24. The zero-order chi connectivity index (χ0) is 14.9. The summed E-state index contributed by atoms with van der Waals surface area (Å²) >= 11 is 0. The van der Waals surface area contributed by atoms with E-state index in [1.54, 1.807) is 18.2 Å². The lowest BCUT2D eigenvalue weighted by Crippen LogP contribution is -2.52. The van der Waals surface area contributed by atoms with E-state index in [1.165, 1.54) is 12.5 Å². The van der Waals surface area contributed by atoms with Gasteiger partial charge in [-0.05, 0) is 37.3 Å². The van der Waals surface area contributed by atoms with Crippen molar-refractivity contribution in [3.8, 4) is 0 Å². The molecule has 1 aliphatic heterocycles. The molecule has 2 saturated carbocycles. The van der Waals surface area contributed by atoms with E-state index in [1.807, 2.05) is 0 Å². The van der Waals surface area contributed by atoms with Crippen molar-refractivity contribution < 1.29 is 13.9 Å². The molecular formula is C17H20FNO2. The molecule has 4 bridgehead atoms. The quantitative estimate of drug-likeness (QED) is 0.906. The van der Waals surface area contributed by atoms with Gasteiger partial charge in [-0.15, -0.1) is 0 Å². The predicted octanol–water partition coefficient (Wildman–Crippen LogP) is 3.36. The van der Waals surface area contributed by atoms with Crippen LogP contribution >= 0.6 is 0 Å². The van der Waals surface area contributed by atoms with Crippen LogP contribution in [0.4, 0.5) is 10.1 Å². The number of hydrogen-bond acceptors (Lipinski definition) is 2. The third kappa shape index (κ3) is 1.35. The fourth-order valence-electron chi connectivity index (χ4n) is 5.04. The fourth-order valence-corrected chi connectivity index (χ4v) is 5.04. The third-order valence-electron chi connectivity index (χ3n) is 6.69. The average molecular weight is 289 g/mol. The molecule has 1 amide bonds. The zero-order valence-corrected chi connectivity index (χ0v) is 12.4. The van der Waals surface area contributed by atoms with Gasteiger partial charge in [0.1, 0.15) is 5.82 Å². The number of anilines is 1. The van der Waals surface area contributed by atoms with Crippen LogP contribution < -0.4 is 5.32 Å². The van der Waals surface area contributed by atoms with Crippen molar-refractivity contribution in [2.75, 3.05) is 11.9 Å². The molecule has 4 atom stereocenters. The average Bonchev–Trinajstić information content (AvgIpc) is 2.93. The minimum absolute atomic E-state index is 0.0829. The van der Waals surface area contributed by atoms with Gasteiger partial charge in [0.05, 0.1) is 12.3 Å². The Balaban J connectivity index is 1.68. The Morgan fingerprint density at radius 2 is 2.14 bits per heavy atom. The van der Waals surface area contributed by atoms with E-state index >= 15 is 0 Å². The van der Waals surface area contributed by atoms with Gasteiger partial charge in [-0.3, -0.25) is 4.79 Å². The SMILES string of the molecule is C[C@]12CC[C@@H]3C[C@@]1(C(=O)Nc1ccccc1F)OC[C@@]32C. The fraction of sp³-hybridized carbons (Fsp3) is 0.588. The lowest BCUT2D eigenvalue weighted by Gasteiger charge is -2.40. The number of nitrogens with one attached hydrogen (secondary N) is 1. The van der Waals surface area contributed by atoms with E-state index in [9.17, 15) is 9.18 Å². The highest BCUT2D eigenvalue weighted by Gasteiger charge is 2.78. The number of halogens is 1. The Hall–Kier alpha value is -1.42. The van der Waals surface area contributed by atoms with Crippen LogP contribution in [0, 0.1) is 22.6 Å². The van der Waals surface area contributed by atoms with Crippen LogP contribution in [0.1, 0.15) is 33.1 Å². The van der Waals surface area contributed by atoms with Gasteiger partial charge in [-0.2, -0.15) is 0 Å². The Kier molecular flexibility index (Phi) is 2.44. The summed E-state index contributed by atoms with van der Waals surface area (Å²) in [6.07, 6.45) is 2.95. The van der Waals surface area contributed by atoms with Crippen LogP contribution in [0.25, 0.3) is 0 Å². The largest absolute Gasteiger partial charge is 0.364 e. The summed E-state index contributed by atoms with van der Waals surface area (Å²) in [5.41, 5.74) is -0.604. The minimum Gasteiger partial charge on any atom is -0.364 e. The van der Waals surface area contributed by atoms with E-state index in [0.717, 1.165) is 12.8 Å². The topological polar surface area (TPSA) is 38.3 Å². The number of hydrogen-bond donors (Lipinski definition) is 1. The molecule has 3 nitrogen and oxygen atoms in total. The second-order valence-corrected chi connectivity index (χ2v) is 7.24. The van der Waals surface area contributed by atoms with Crippen LogP contribution in [0.5, 0.6) is 0 Å². The van der Waals surface area contributed by atoms with Gasteiger partial charge in [0.25, 0.3) is 5.91 Å². The molecule has 112 valence electrons. The molecule has 21 heavy (non-hydrogen) atoms. The molecule has 1 N–H and O–H groups in total. The van der Waals surface area contributed by atoms with E-state index in [0.29, 0.717) is 12.5 Å². The molecule has 4 rings (SSSR count). The minimum atomic E-state index is -0.785. The van der Waals surface area contributed by atoms with Crippen LogP contribution in [0.15, 0.2) is 24.3 Å². The molecule has 0 unspecified atom stereocenters. The lowest BCUT2D eigenvalue weighted by molar-refractivity contribution is -0.149. The van der Waals surface area contributed by atoms with Crippen LogP contribution in [-0.4, -0.2) is 18.1 Å². The molecule has 3 aliphatic rings. The van der Waals surface area contributed by atoms with E-state index in [-0.39, 0.29) is 22.4 Å². The van der Waals surface area contributed by atoms with Crippen molar-refractivity contribution in [1.82, 2.24) is 0 Å². The van der Waals surface area contributed by atoms with Gasteiger partial charge in [0.2, 0.25) is 0 Å². The maximum absolute atomic E-state index is 13.8. The number of amides is 1. The van der Waals surface area contributed by atoms with Crippen LogP contribution in [-0.2, 0) is 9.53 Å². The predicted molar refractivity (Wildman–Crippen MR) is 77.3 cm³/mol. The van der Waals surface area contributed by atoms with Gasteiger partial charge in [0, 0.05) is 10.8 Å². The molecular weight excluding hydrogens is 269 g/mol. The van der Waals surface area contributed by atoms with Crippen LogP contribution in [0.2, 0.25) is 0 Å². The highest BCUT2D eigenvalue weighted by Crippen LogP contribution is 2.75. The maximum atomic E-state index is 13.8. The molecule has 3 fully saturated rings. The monoisotopic (exact) mass is 289 g/mol. The molecule has 1 aromatic rings. The Morgan fingerprint density at radius 3 is 2.81 bits per heavy atom. The number of carbonyl (C=O) groups is 1. The lowest BCUT2D eigenvalue weighted by atomic mass is 9.66. The molecule has 0 spiro atoms. The number of carbonyl (C=O) groups excluding carboxylic acids is 1. The molecule has 4 heteroatoms. The van der Waals surface area contributed by atoms with E-state index < -0.39 is 11.4 Å². The van der Waals surface area contributed by atoms with Crippen molar-refractivity contribution in [3.63, 3.8) is 0 Å². The van der Waals surface area contributed by atoms with Crippen molar-refractivity contribution in [1.29, 1.82) is 0 Å². The molecule has 2 aliphatic carbocycles. The van der Waals surface area contributed by atoms with Crippen molar-refractivity contribution >= 4 is 11.6 Å². The van der Waals surface area contributed by atoms with Crippen LogP contribution in [0.3, 0.4) is 0 Å². The molecule has 1 heterocycles. The Morgan fingerprint density at radius 1 is 1.38 bits per heavy atom. The second kappa shape index (κ2) is 3.86. The summed E-state index contributed by atoms with van der Waals surface area (Å²) in [4.78, 5) is 12.9. The summed E-state index contributed by atoms with van der Waals surface area (Å²) < 4.78 is 19.8. The summed E-state index contributed by atoms with van der Waals surface area (Å²) in [5.74, 6) is -0.0417. The van der Waals surface area contributed by atoms with Crippen molar-refractivity contribution in [2.45, 2.75) is 38.7 Å². The molecule has 0 radical (unpaired) electrons. The highest BCUT2D eigenvalue weighted by atomic mass is 19.1. The van der Waals surface area contributed by atoms with Gasteiger partial charge >= 0.3 is 0 Å². The molecule has 1 saturated heterocycles. The smallest absolute Gasteiger partial charge is 0.257 e. The third-order valence-corrected chi connectivity index (χ3v) is 6.69. The number of rotatable bonds is 2. The Labute approximate surface area is 123 Å². The van der Waals surface area contributed by atoms with Gasteiger partial charge in [0.15, 0.2) is 5.60 Å². The molecule has 1 aromatic carbocycles.